The molecule has 35 heteroatoms. The number of esters is 3. The Morgan fingerprint density at radius 1 is 0.401 bits per heavy atom. The number of aliphatic hydroxyl groups is 1. The van der Waals surface area contributed by atoms with E-state index < -0.39 is 94.3 Å². The lowest BCUT2D eigenvalue weighted by atomic mass is 9.73. The van der Waals surface area contributed by atoms with E-state index in [1.165, 1.54) is 48.1 Å². The molecule has 0 radical (unpaired) electrons. The van der Waals surface area contributed by atoms with Gasteiger partial charge in [0.25, 0.3) is 0 Å². The van der Waals surface area contributed by atoms with Gasteiger partial charge in [0, 0.05) is 87.0 Å². The minimum absolute atomic E-state index is 0.0633. The van der Waals surface area contributed by atoms with E-state index in [-0.39, 0.29) is 108 Å². The standard InChI is InChI=1S/C56H80N4O12Si.C36H54O5Si.C20H28N4O8/c1-7-8-10-21-41(72-73(5,6)56(2,3)4)25-26-42-43-33-39-20-17-24-47(69-37-53(66)70-36-38-18-11-9-12-19-38)44(39)34-40(43)35-48(42)71-52(65)30-28-50(62)58-32-16-14-23-46-55(68)59-45(54(67)60-46)22-13-15-31-57-49(61)27-29-51(63)64;1-7-8-10-17-29(41-42(5,6)36(2,3)4)19-20-30-31-21-27-16-13-18-34(32(27)22-28(31)23-33(30)37)39-25-35(38)40-24-26-14-11-9-12-15-26;25-15(7-9-17(27)28)21-11-3-1-5-13-19(31)24-14(20(32)23-13)6-2-4-12-22-16(26)8-10-18(29)30/h9,11-12,17-20,24,27-30,40-43,45-46,48H,7-8,10,13-16,21-23,25-26,31-37H2,1-6H3,(H,57,61)(H,58,62)(H,59,68)(H,60,67)(H,63,64);9,11-16,18,28-31,33,37H,7-8,10,17,19-25H2,1-6H3;7-10,13-14H,1-6,11-12H2,(H,21,25)(H,22,26)(H,23,32)(H,24,31)(H,27,28)(H,29,30)/b29-27+,30-28+;;9-7+,10-8+/t40-,41-,42+,43-,45?,46?,48+;28-,29-,30+,31-,33+;/m00./s1. The van der Waals surface area contributed by atoms with Crippen LogP contribution in [-0.2, 0) is 129 Å². The van der Waals surface area contributed by atoms with Crippen LogP contribution in [-0.4, -0.2) is 208 Å². The number of carboxylic acid groups (broad SMARTS) is 3. The summed E-state index contributed by atoms with van der Waals surface area (Å²) in [7, 11) is -3.93. The van der Waals surface area contributed by atoms with Crippen LogP contribution in [0.15, 0.2) is 146 Å². The number of nitrogens with one attached hydrogen (secondary N) is 8. The van der Waals surface area contributed by atoms with Gasteiger partial charge in [-0.3, -0.25) is 38.4 Å². The molecule has 2 heterocycles. The number of aliphatic carboxylic acids is 3. The summed E-state index contributed by atoms with van der Waals surface area (Å²) >= 11 is 0. The maximum absolute atomic E-state index is 13.5. The Morgan fingerprint density at radius 3 is 1.09 bits per heavy atom. The summed E-state index contributed by atoms with van der Waals surface area (Å²) in [5.74, 6) is -4.98. The lowest BCUT2D eigenvalue weighted by Gasteiger charge is -2.40. The molecule has 0 spiro atoms. The molecule has 0 aromatic heterocycles. The van der Waals surface area contributed by atoms with E-state index in [0.717, 1.165) is 149 Å². The molecule has 10 rings (SSSR count). The molecular formula is C112H162N8O25Si2. The molecule has 6 aliphatic rings. The number of hydrogen-bond donors (Lipinski definition) is 12. The molecule has 2 saturated carbocycles. The van der Waals surface area contributed by atoms with Gasteiger partial charge in [0.2, 0.25) is 47.3 Å². The van der Waals surface area contributed by atoms with Crippen molar-refractivity contribution in [2.75, 3.05) is 39.4 Å². The fraction of sp³-hybridized carbons (Fsp3) is 0.589. The minimum atomic E-state index is -2.07. The van der Waals surface area contributed by atoms with Crippen molar-refractivity contribution in [2.45, 2.75) is 346 Å². The van der Waals surface area contributed by atoms with Gasteiger partial charge in [-0.05, 0) is 271 Å². The quantitative estimate of drug-likeness (QED) is 0.00642. The van der Waals surface area contributed by atoms with E-state index in [1.807, 2.05) is 84.9 Å². The molecule has 33 nitrogen and oxygen atoms in total. The third-order valence-electron chi connectivity index (χ3n) is 29.5. The highest BCUT2D eigenvalue weighted by atomic mass is 28.4. The fourth-order valence-corrected chi connectivity index (χ4v) is 22.3. The number of amides is 8. The Labute approximate surface area is 869 Å². The second-order valence-corrected chi connectivity index (χ2v) is 52.1. The third-order valence-corrected chi connectivity index (χ3v) is 38.5. The normalized spacial score (nSPS) is 21.0. The zero-order valence-corrected chi connectivity index (χ0v) is 90.2. The zero-order chi connectivity index (χ0) is 107. The van der Waals surface area contributed by atoms with Crippen molar-refractivity contribution in [3.8, 4) is 11.5 Å². The maximum Gasteiger partial charge on any atom is 0.344 e. The van der Waals surface area contributed by atoms with Crippen molar-refractivity contribution in [3.05, 3.63) is 179 Å². The summed E-state index contributed by atoms with van der Waals surface area (Å²) < 4.78 is 43.3. The number of fused-ring (bicyclic) bond motifs is 4. The first-order valence-electron chi connectivity index (χ1n) is 52.8. The van der Waals surface area contributed by atoms with Crippen LogP contribution in [0.2, 0.25) is 36.3 Å². The molecule has 4 fully saturated rings. The number of carboxylic acids is 3. The third kappa shape index (κ3) is 42.1. The smallest absolute Gasteiger partial charge is 0.344 e. The number of rotatable bonds is 57. The number of ether oxygens (including phenoxy) is 5. The van der Waals surface area contributed by atoms with Gasteiger partial charge in [0.05, 0.1) is 6.10 Å². The van der Waals surface area contributed by atoms with Crippen LogP contribution in [0.3, 0.4) is 0 Å². The Kier molecular flexibility index (Phi) is 50.3. The molecule has 147 heavy (non-hydrogen) atoms. The molecule has 8 amide bonds. The number of piperazine rings is 2. The number of hydrogen-bond acceptors (Lipinski definition) is 22. The summed E-state index contributed by atoms with van der Waals surface area (Å²) in [6, 6.07) is 28.7. The van der Waals surface area contributed by atoms with Gasteiger partial charge in [0.1, 0.15) is 55.0 Å². The van der Waals surface area contributed by atoms with E-state index in [4.69, 9.17) is 47.9 Å². The average Bonchev–Trinajstić information content (AvgIpc) is 1.56. The highest BCUT2D eigenvalue weighted by molar-refractivity contribution is 6.74. The molecule has 4 aromatic carbocycles. The lowest BCUT2D eigenvalue weighted by molar-refractivity contribution is -0.148. The first-order valence-corrected chi connectivity index (χ1v) is 58.7. The number of carbonyl (C=O) groups excluding carboxylic acids is 11. The molecule has 14 atom stereocenters. The molecule has 2 aliphatic heterocycles. The van der Waals surface area contributed by atoms with Crippen molar-refractivity contribution in [2.24, 2.45) is 35.5 Å². The van der Waals surface area contributed by atoms with Crippen molar-refractivity contribution >= 4 is 99.7 Å². The number of carbonyl (C=O) groups is 14. The van der Waals surface area contributed by atoms with Crippen LogP contribution in [0.5, 0.6) is 11.5 Å². The van der Waals surface area contributed by atoms with E-state index in [0.29, 0.717) is 133 Å². The summed E-state index contributed by atoms with van der Waals surface area (Å²) in [5.41, 5.74) is 6.59. The first kappa shape index (κ1) is 121. The predicted molar refractivity (Wildman–Crippen MR) is 563 cm³/mol. The van der Waals surface area contributed by atoms with Gasteiger partial charge in [0.15, 0.2) is 29.8 Å². The summed E-state index contributed by atoms with van der Waals surface area (Å²) in [6.07, 6.45) is 30.9. The van der Waals surface area contributed by atoms with Crippen molar-refractivity contribution in [3.63, 3.8) is 0 Å². The first-order chi connectivity index (χ1) is 70.0. The summed E-state index contributed by atoms with van der Waals surface area (Å²) in [5, 5.41) is 58.3. The lowest BCUT2D eigenvalue weighted by Crippen LogP contribution is -2.61. The molecule has 4 aliphatic carbocycles. The van der Waals surface area contributed by atoms with E-state index in [9.17, 15) is 72.2 Å². The minimum Gasteiger partial charge on any atom is -0.482 e. The van der Waals surface area contributed by atoms with E-state index >= 15 is 0 Å². The van der Waals surface area contributed by atoms with Gasteiger partial charge in [-0.1, -0.05) is 179 Å². The molecule has 4 aromatic rings. The molecule has 808 valence electrons. The molecule has 2 saturated heterocycles. The molecule has 0 bridgehead atoms. The van der Waals surface area contributed by atoms with Gasteiger partial charge >= 0.3 is 35.8 Å². The molecule has 12 N–H and O–H groups in total. The van der Waals surface area contributed by atoms with E-state index in [1.54, 1.807) is 0 Å². The van der Waals surface area contributed by atoms with Crippen LogP contribution in [0.25, 0.3) is 0 Å². The highest BCUT2D eigenvalue weighted by Gasteiger charge is 2.50. The van der Waals surface area contributed by atoms with Crippen LogP contribution >= 0.6 is 0 Å². The van der Waals surface area contributed by atoms with E-state index in [2.05, 4.69) is 136 Å². The fourth-order valence-electron chi connectivity index (χ4n) is 19.4. The van der Waals surface area contributed by atoms with Crippen LogP contribution in [0.1, 0.15) is 256 Å². The van der Waals surface area contributed by atoms with Crippen LogP contribution in [0.4, 0.5) is 0 Å². The Bertz CT molecular complexity index is 5030. The summed E-state index contributed by atoms with van der Waals surface area (Å²) in [6.45, 7) is 28.9. The average molecular weight is 2080 g/mol. The summed E-state index contributed by atoms with van der Waals surface area (Å²) in [4.78, 5) is 167. The Hall–Kier alpha value is -11.7. The predicted octanol–water partition coefficient (Wildman–Crippen LogP) is 14.7. The number of aliphatic hydroxyl groups excluding tert-OH is 1. The second-order valence-electron chi connectivity index (χ2n) is 42.6. The van der Waals surface area contributed by atoms with Gasteiger partial charge in [-0.15, -0.1) is 0 Å². The topological polar surface area (TPSA) is 481 Å². The van der Waals surface area contributed by atoms with Gasteiger partial charge in [-0.25, -0.2) is 28.8 Å². The largest absolute Gasteiger partial charge is 0.482 e. The maximum atomic E-state index is 13.5. The molecule has 4 unspecified atom stereocenters. The zero-order valence-electron chi connectivity index (χ0n) is 88.2. The second kappa shape index (κ2) is 61.3. The van der Waals surface area contributed by atoms with Gasteiger partial charge < -0.3 is 95.5 Å². The number of unbranched alkanes of at least 4 members (excludes halogenated alkanes) is 8. The molecular weight excluding hydrogens is 1910 g/mol. The van der Waals surface area contributed by atoms with Crippen LogP contribution in [0, 0.1) is 35.5 Å². The van der Waals surface area contributed by atoms with Crippen molar-refractivity contribution < 1.29 is 120 Å². The number of benzene rings is 4. The highest BCUT2D eigenvalue weighted by Crippen LogP contribution is 2.52. The van der Waals surface area contributed by atoms with Crippen molar-refractivity contribution in [1.82, 2.24) is 42.5 Å². The Morgan fingerprint density at radius 2 is 0.741 bits per heavy atom. The van der Waals surface area contributed by atoms with Crippen LogP contribution < -0.4 is 52.0 Å². The monoisotopic (exact) mass is 2080 g/mol. The Balaban J connectivity index is 0.000000299. The van der Waals surface area contributed by atoms with Crippen molar-refractivity contribution in [1.29, 1.82) is 0 Å². The SMILES string of the molecule is CCCCC[C@@H](CC[C@@H]1[C@H]2Cc3cccc(OCC(=O)OCc4ccccc4)c3C[C@H]2C[C@H]1O)O[Si](C)(C)C(C)(C)C.CCCCC[C@@H](CC[C@@H]1[C@H]2Cc3cccc(OCC(=O)OCc4ccccc4)c3C[C@H]2C[C@H]1OC(=O)/C=C/C(=O)NCCCCC1NC(=O)C(CCCCNC(=O)/C=C/C(=O)O)NC1=O)O[Si](C)(C)C(C)(C)C.O=C(O)/C=C/C(=O)NCCCCC1NC(=O)C(CCCCNC(=O)/C=C/C(=O)O)NC1=O. The van der Waals surface area contributed by atoms with Gasteiger partial charge in [-0.2, -0.15) is 0 Å².